The van der Waals surface area contributed by atoms with E-state index in [9.17, 15) is 4.79 Å². The Morgan fingerprint density at radius 3 is 2.60 bits per heavy atom. The van der Waals surface area contributed by atoms with E-state index in [1.165, 1.54) is 12.0 Å². The Balaban J connectivity index is 1.67. The van der Waals surface area contributed by atoms with Crippen LogP contribution in [-0.2, 0) is 0 Å². The van der Waals surface area contributed by atoms with E-state index in [1.807, 2.05) is 36.9 Å². The molecule has 7 heteroatoms. The molecule has 3 heterocycles. The number of aromatic amines is 1. The van der Waals surface area contributed by atoms with Gasteiger partial charge in [-0.2, -0.15) is 10.1 Å². The van der Waals surface area contributed by atoms with Crippen LogP contribution in [0.3, 0.4) is 0 Å². The Bertz CT molecular complexity index is 853. The highest BCUT2D eigenvalue weighted by molar-refractivity contribution is 5.96. The number of aromatic nitrogens is 4. The largest absolute Gasteiger partial charge is 0.343 e. The number of aryl methyl sites for hydroxylation is 2. The highest BCUT2D eigenvalue weighted by Crippen LogP contribution is 2.39. The summed E-state index contributed by atoms with van der Waals surface area (Å²) in [5.74, 6) is 0.786. The molecule has 25 heavy (non-hydrogen) atoms. The SMILES string of the molecule is Cc1n[nH]c(C)c1C(=O)N1C[C@H](c2ccccc2)[C@@H](c2ncon2)C1. The molecule has 0 spiro atoms. The predicted molar refractivity (Wildman–Crippen MR) is 90.2 cm³/mol. The van der Waals surface area contributed by atoms with E-state index in [4.69, 9.17) is 4.52 Å². The Kier molecular flexibility index (Phi) is 3.83. The number of nitrogens with one attached hydrogen (secondary N) is 1. The molecule has 4 rings (SSSR count). The second-order valence-electron chi connectivity index (χ2n) is 6.43. The first-order valence-corrected chi connectivity index (χ1v) is 8.27. The molecule has 1 N–H and O–H groups in total. The van der Waals surface area contributed by atoms with Crippen molar-refractivity contribution in [2.75, 3.05) is 13.1 Å². The molecule has 1 aliphatic rings. The standard InChI is InChI=1S/C18H19N5O2/c1-11-16(12(2)21-20-11)18(24)23-8-14(13-6-4-3-5-7-13)15(9-23)17-19-10-25-22-17/h3-7,10,14-15H,8-9H2,1-2H3,(H,20,21)/t14-,15+/m1/s1. The molecule has 1 aromatic carbocycles. The smallest absolute Gasteiger partial charge is 0.257 e. The van der Waals surface area contributed by atoms with Crippen molar-refractivity contribution in [1.29, 1.82) is 0 Å². The topological polar surface area (TPSA) is 87.9 Å². The second-order valence-corrected chi connectivity index (χ2v) is 6.43. The third kappa shape index (κ3) is 2.71. The van der Waals surface area contributed by atoms with Crippen LogP contribution < -0.4 is 0 Å². The number of carbonyl (C=O) groups excluding carboxylic acids is 1. The van der Waals surface area contributed by atoms with Gasteiger partial charge in [-0.15, -0.1) is 0 Å². The normalized spacial score (nSPS) is 20.2. The fourth-order valence-corrected chi connectivity index (χ4v) is 3.64. The van der Waals surface area contributed by atoms with Crippen LogP contribution in [0.25, 0.3) is 0 Å². The van der Waals surface area contributed by atoms with Gasteiger partial charge < -0.3 is 9.42 Å². The number of likely N-dealkylation sites (tertiary alicyclic amines) is 1. The lowest BCUT2D eigenvalue weighted by Gasteiger charge is -2.16. The molecule has 1 amide bonds. The van der Waals surface area contributed by atoms with Gasteiger partial charge in [0.25, 0.3) is 5.91 Å². The molecule has 3 aromatic rings. The van der Waals surface area contributed by atoms with Gasteiger partial charge in [-0.3, -0.25) is 9.89 Å². The molecule has 2 aromatic heterocycles. The minimum Gasteiger partial charge on any atom is -0.343 e. The number of amides is 1. The average molecular weight is 337 g/mol. The third-order valence-corrected chi connectivity index (χ3v) is 4.89. The lowest BCUT2D eigenvalue weighted by atomic mass is 9.88. The van der Waals surface area contributed by atoms with Gasteiger partial charge in [-0.1, -0.05) is 35.5 Å². The van der Waals surface area contributed by atoms with E-state index in [2.05, 4.69) is 32.5 Å². The first-order valence-electron chi connectivity index (χ1n) is 8.27. The van der Waals surface area contributed by atoms with E-state index in [0.717, 1.165) is 11.4 Å². The van der Waals surface area contributed by atoms with Crippen molar-refractivity contribution in [1.82, 2.24) is 25.2 Å². The lowest BCUT2D eigenvalue weighted by molar-refractivity contribution is 0.0787. The van der Waals surface area contributed by atoms with Gasteiger partial charge in [0, 0.05) is 30.6 Å². The molecular weight excluding hydrogens is 318 g/mol. The minimum absolute atomic E-state index is 0.00400. The van der Waals surface area contributed by atoms with Crippen molar-refractivity contribution in [2.24, 2.45) is 0 Å². The maximum atomic E-state index is 13.0. The molecule has 1 aliphatic heterocycles. The van der Waals surface area contributed by atoms with Crippen LogP contribution in [0.1, 0.15) is 45.0 Å². The molecule has 0 bridgehead atoms. The summed E-state index contributed by atoms with van der Waals surface area (Å²) in [5, 5.41) is 11.1. The Labute approximate surface area is 145 Å². The molecule has 0 unspecified atom stereocenters. The Morgan fingerprint density at radius 1 is 1.20 bits per heavy atom. The van der Waals surface area contributed by atoms with Crippen molar-refractivity contribution in [3.05, 3.63) is 65.1 Å². The fourth-order valence-electron chi connectivity index (χ4n) is 3.64. The van der Waals surface area contributed by atoms with Crippen LogP contribution in [0, 0.1) is 13.8 Å². The Morgan fingerprint density at radius 2 is 1.96 bits per heavy atom. The van der Waals surface area contributed by atoms with Gasteiger partial charge in [-0.25, -0.2) is 0 Å². The van der Waals surface area contributed by atoms with Crippen LogP contribution in [0.2, 0.25) is 0 Å². The van der Waals surface area contributed by atoms with E-state index >= 15 is 0 Å². The van der Waals surface area contributed by atoms with Gasteiger partial charge in [0.15, 0.2) is 5.82 Å². The van der Waals surface area contributed by atoms with Gasteiger partial charge >= 0.3 is 0 Å². The zero-order chi connectivity index (χ0) is 17.4. The first-order chi connectivity index (χ1) is 12.1. The summed E-state index contributed by atoms with van der Waals surface area (Å²) >= 11 is 0. The van der Waals surface area contributed by atoms with Crippen molar-refractivity contribution in [2.45, 2.75) is 25.7 Å². The van der Waals surface area contributed by atoms with Crippen LogP contribution in [0.4, 0.5) is 0 Å². The van der Waals surface area contributed by atoms with Gasteiger partial charge in [0.1, 0.15) is 0 Å². The van der Waals surface area contributed by atoms with Crippen LogP contribution in [-0.4, -0.2) is 44.2 Å². The highest BCUT2D eigenvalue weighted by Gasteiger charge is 2.40. The fraction of sp³-hybridized carbons (Fsp3) is 0.333. The predicted octanol–water partition coefficient (Wildman–Crippen LogP) is 2.43. The van der Waals surface area contributed by atoms with Gasteiger partial charge in [-0.05, 0) is 19.4 Å². The van der Waals surface area contributed by atoms with Crippen molar-refractivity contribution in [3.8, 4) is 0 Å². The quantitative estimate of drug-likeness (QED) is 0.793. The van der Waals surface area contributed by atoms with E-state index < -0.39 is 0 Å². The van der Waals surface area contributed by atoms with Crippen molar-refractivity contribution >= 4 is 5.91 Å². The molecule has 2 atom stereocenters. The third-order valence-electron chi connectivity index (χ3n) is 4.89. The monoisotopic (exact) mass is 337 g/mol. The number of benzene rings is 1. The summed E-state index contributed by atoms with van der Waals surface area (Å²) in [6.07, 6.45) is 1.34. The second kappa shape index (κ2) is 6.16. The molecule has 0 radical (unpaired) electrons. The minimum atomic E-state index is -0.00400. The summed E-state index contributed by atoms with van der Waals surface area (Å²) in [5.41, 5.74) is 3.34. The molecule has 7 nitrogen and oxygen atoms in total. The number of H-pyrrole nitrogens is 1. The molecule has 1 saturated heterocycles. The van der Waals surface area contributed by atoms with Gasteiger partial charge in [0.05, 0.1) is 11.3 Å². The average Bonchev–Trinajstić information content (AvgIpc) is 3.35. The molecular formula is C18H19N5O2. The summed E-state index contributed by atoms with van der Waals surface area (Å²) < 4.78 is 4.94. The van der Waals surface area contributed by atoms with Crippen molar-refractivity contribution in [3.63, 3.8) is 0 Å². The number of rotatable bonds is 3. The molecule has 128 valence electrons. The van der Waals surface area contributed by atoms with Crippen molar-refractivity contribution < 1.29 is 9.32 Å². The zero-order valence-corrected chi connectivity index (χ0v) is 14.1. The first kappa shape index (κ1) is 15.6. The maximum Gasteiger partial charge on any atom is 0.257 e. The summed E-state index contributed by atoms with van der Waals surface area (Å²) in [4.78, 5) is 19.1. The van der Waals surface area contributed by atoms with Crippen LogP contribution in [0.15, 0.2) is 41.2 Å². The number of hydrogen-bond donors (Lipinski definition) is 1. The zero-order valence-electron chi connectivity index (χ0n) is 14.1. The lowest BCUT2D eigenvalue weighted by Crippen LogP contribution is -2.29. The molecule has 1 fully saturated rings. The maximum absolute atomic E-state index is 13.0. The van der Waals surface area contributed by atoms with E-state index in [0.29, 0.717) is 24.5 Å². The number of hydrogen-bond acceptors (Lipinski definition) is 5. The Hall–Kier alpha value is -2.96. The summed E-state index contributed by atoms with van der Waals surface area (Å²) in [7, 11) is 0. The van der Waals surface area contributed by atoms with E-state index in [1.54, 1.807) is 0 Å². The van der Waals surface area contributed by atoms with Crippen LogP contribution >= 0.6 is 0 Å². The number of nitrogens with zero attached hydrogens (tertiary/aromatic N) is 4. The number of carbonyl (C=O) groups is 1. The molecule has 0 saturated carbocycles. The summed E-state index contributed by atoms with van der Waals surface area (Å²) in [6.45, 7) is 4.89. The summed E-state index contributed by atoms with van der Waals surface area (Å²) in [6, 6.07) is 10.2. The highest BCUT2D eigenvalue weighted by atomic mass is 16.5. The van der Waals surface area contributed by atoms with Crippen LogP contribution in [0.5, 0.6) is 0 Å². The van der Waals surface area contributed by atoms with Gasteiger partial charge in [0.2, 0.25) is 6.39 Å². The van der Waals surface area contributed by atoms with E-state index in [-0.39, 0.29) is 17.7 Å². The molecule has 0 aliphatic carbocycles.